The number of carbonyl (C=O) groups excluding carboxylic acids is 1. The van der Waals surface area contributed by atoms with Crippen molar-refractivity contribution in [3.63, 3.8) is 0 Å². The third-order valence-electron chi connectivity index (χ3n) is 4.08. The third kappa shape index (κ3) is 3.34. The van der Waals surface area contributed by atoms with Crippen LogP contribution in [0.4, 0.5) is 0 Å². The van der Waals surface area contributed by atoms with Crippen LogP contribution in [-0.2, 0) is 4.79 Å². The van der Waals surface area contributed by atoms with E-state index in [1.165, 1.54) is 17.7 Å². The fourth-order valence-electron chi connectivity index (χ4n) is 2.59. The first-order chi connectivity index (χ1) is 11.1. The Morgan fingerprint density at radius 3 is 2.57 bits per heavy atom. The van der Waals surface area contributed by atoms with Crippen molar-refractivity contribution in [3.8, 4) is 11.5 Å². The van der Waals surface area contributed by atoms with Gasteiger partial charge >= 0.3 is 0 Å². The van der Waals surface area contributed by atoms with Crippen molar-refractivity contribution >= 4 is 11.6 Å². The summed E-state index contributed by atoms with van der Waals surface area (Å²) in [4.78, 5) is 12.1. The lowest BCUT2D eigenvalue weighted by Gasteiger charge is -2.04. The molecule has 0 aromatic heterocycles. The summed E-state index contributed by atoms with van der Waals surface area (Å²) in [5.41, 5.74) is 4.96. The minimum atomic E-state index is -0.213. The lowest BCUT2D eigenvalue weighted by Crippen LogP contribution is -2.21. The van der Waals surface area contributed by atoms with Crippen LogP contribution in [-0.4, -0.2) is 21.8 Å². The molecule has 2 aromatic rings. The van der Waals surface area contributed by atoms with Crippen molar-refractivity contribution in [3.05, 3.63) is 59.7 Å². The number of carbonyl (C=O) groups is 1. The zero-order valence-corrected chi connectivity index (χ0v) is 12.7. The van der Waals surface area contributed by atoms with E-state index in [-0.39, 0.29) is 29.2 Å². The predicted octanol–water partition coefficient (Wildman–Crippen LogP) is 2.74. The summed E-state index contributed by atoms with van der Waals surface area (Å²) in [6, 6.07) is 14.4. The van der Waals surface area contributed by atoms with Crippen LogP contribution >= 0.6 is 0 Å². The van der Waals surface area contributed by atoms with E-state index in [0.717, 1.165) is 6.42 Å². The molecule has 5 nitrogen and oxygen atoms in total. The van der Waals surface area contributed by atoms with Gasteiger partial charge in [-0.1, -0.05) is 30.3 Å². The molecule has 1 amide bonds. The van der Waals surface area contributed by atoms with Gasteiger partial charge in [-0.25, -0.2) is 5.43 Å². The molecule has 0 spiro atoms. The normalized spacial score (nSPS) is 20.1. The summed E-state index contributed by atoms with van der Waals surface area (Å²) >= 11 is 0. The zero-order chi connectivity index (χ0) is 16.4. The first-order valence-corrected chi connectivity index (χ1v) is 7.47. The van der Waals surface area contributed by atoms with Gasteiger partial charge in [0.1, 0.15) is 0 Å². The average molecular weight is 310 g/mol. The molecule has 2 atom stereocenters. The number of hydrazone groups is 1. The predicted molar refractivity (Wildman–Crippen MR) is 87.4 cm³/mol. The number of nitrogens with zero attached hydrogens (tertiary/aromatic N) is 1. The fraction of sp³-hybridized carbons (Fsp3) is 0.222. The van der Waals surface area contributed by atoms with Gasteiger partial charge in [-0.15, -0.1) is 0 Å². The van der Waals surface area contributed by atoms with Crippen molar-refractivity contribution in [1.29, 1.82) is 0 Å². The molecule has 0 bridgehead atoms. The Bertz CT molecular complexity index is 756. The number of amides is 1. The molecule has 0 saturated heterocycles. The number of benzene rings is 2. The van der Waals surface area contributed by atoms with Crippen LogP contribution in [0.15, 0.2) is 53.6 Å². The van der Waals surface area contributed by atoms with Gasteiger partial charge < -0.3 is 10.2 Å². The maximum atomic E-state index is 12.1. The standard InChI is InChI=1S/C18H18N2O3/c1-11(13-7-8-16(21)17(22)9-13)19-20-18(23)15-10-14(15)12-5-3-2-4-6-12/h2-9,14-15,21-22H,10H2,1H3,(H,20,23)/b19-11-/t14-,15+/m1/s1. The van der Waals surface area contributed by atoms with Crippen LogP contribution in [0.2, 0.25) is 0 Å². The molecule has 1 aliphatic rings. The van der Waals surface area contributed by atoms with Crippen molar-refractivity contribution in [2.45, 2.75) is 19.3 Å². The molecule has 3 N–H and O–H groups in total. The number of phenolic OH excluding ortho intramolecular Hbond substituents is 2. The van der Waals surface area contributed by atoms with Crippen LogP contribution in [0.1, 0.15) is 30.4 Å². The second-order valence-corrected chi connectivity index (χ2v) is 5.74. The molecule has 0 aliphatic heterocycles. The SMILES string of the molecule is C/C(=N/NC(=O)[C@H]1C[C@@H]1c1ccccc1)c1ccc(O)c(O)c1. The number of hydrogen-bond acceptors (Lipinski definition) is 4. The van der Waals surface area contributed by atoms with Gasteiger partial charge in [0.15, 0.2) is 11.5 Å². The van der Waals surface area contributed by atoms with Gasteiger partial charge in [0.05, 0.1) is 5.71 Å². The monoisotopic (exact) mass is 310 g/mol. The highest BCUT2D eigenvalue weighted by Gasteiger charge is 2.43. The Morgan fingerprint density at radius 2 is 1.87 bits per heavy atom. The highest BCUT2D eigenvalue weighted by Crippen LogP contribution is 2.47. The Kier molecular flexibility index (Phi) is 4.02. The first kappa shape index (κ1) is 15.1. The van der Waals surface area contributed by atoms with Gasteiger partial charge in [0.2, 0.25) is 5.91 Å². The Hall–Kier alpha value is -2.82. The molecule has 3 rings (SSSR count). The van der Waals surface area contributed by atoms with E-state index in [9.17, 15) is 15.0 Å². The van der Waals surface area contributed by atoms with Crippen molar-refractivity contribution in [1.82, 2.24) is 5.43 Å². The molecule has 0 heterocycles. The smallest absolute Gasteiger partial charge is 0.243 e. The van der Waals surface area contributed by atoms with Crippen LogP contribution in [0.5, 0.6) is 11.5 Å². The number of aromatic hydroxyl groups is 2. The highest BCUT2D eigenvalue weighted by molar-refractivity contribution is 6.00. The van der Waals surface area contributed by atoms with Gasteiger partial charge in [0.25, 0.3) is 0 Å². The van der Waals surface area contributed by atoms with Gasteiger partial charge in [-0.05, 0) is 43.0 Å². The summed E-state index contributed by atoms with van der Waals surface area (Å²) in [5.74, 6) is -0.267. The third-order valence-corrected chi connectivity index (χ3v) is 4.08. The van der Waals surface area contributed by atoms with Crippen LogP contribution in [0.25, 0.3) is 0 Å². The van der Waals surface area contributed by atoms with E-state index in [0.29, 0.717) is 11.3 Å². The summed E-state index contributed by atoms with van der Waals surface area (Å²) in [6.07, 6.45) is 0.838. The lowest BCUT2D eigenvalue weighted by atomic mass is 10.1. The number of hydrogen-bond donors (Lipinski definition) is 3. The Labute approximate surface area is 134 Å². The molecule has 118 valence electrons. The molecule has 0 unspecified atom stereocenters. The highest BCUT2D eigenvalue weighted by atomic mass is 16.3. The van der Waals surface area contributed by atoms with Crippen molar-refractivity contribution in [2.24, 2.45) is 11.0 Å². The topological polar surface area (TPSA) is 81.9 Å². The molecule has 23 heavy (non-hydrogen) atoms. The van der Waals surface area contributed by atoms with Crippen molar-refractivity contribution < 1.29 is 15.0 Å². The summed E-state index contributed by atoms with van der Waals surface area (Å²) in [7, 11) is 0. The summed E-state index contributed by atoms with van der Waals surface area (Å²) in [6.45, 7) is 1.73. The molecule has 1 saturated carbocycles. The number of nitrogens with one attached hydrogen (secondary N) is 1. The number of phenols is 2. The molecular formula is C18H18N2O3. The van der Waals surface area contributed by atoms with E-state index >= 15 is 0 Å². The molecule has 5 heteroatoms. The average Bonchev–Trinajstić information content (AvgIpc) is 3.36. The number of rotatable bonds is 4. The van der Waals surface area contributed by atoms with Gasteiger partial charge in [0, 0.05) is 11.5 Å². The maximum absolute atomic E-state index is 12.1. The van der Waals surface area contributed by atoms with E-state index < -0.39 is 0 Å². The van der Waals surface area contributed by atoms with E-state index in [1.54, 1.807) is 13.0 Å². The van der Waals surface area contributed by atoms with Crippen LogP contribution < -0.4 is 5.43 Å². The lowest BCUT2D eigenvalue weighted by molar-refractivity contribution is -0.122. The Morgan fingerprint density at radius 1 is 1.13 bits per heavy atom. The largest absolute Gasteiger partial charge is 0.504 e. The van der Waals surface area contributed by atoms with E-state index in [4.69, 9.17) is 0 Å². The van der Waals surface area contributed by atoms with Crippen LogP contribution in [0, 0.1) is 5.92 Å². The van der Waals surface area contributed by atoms with E-state index in [2.05, 4.69) is 10.5 Å². The quantitative estimate of drug-likeness (QED) is 0.461. The second kappa shape index (κ2) is 6.12. The van der Waals surface area contributed by atoms with E-state index in [1.807, 2.05) is 30.3 Å². The molecule has 1 aliphatic carbocycles. The second-order valence-electron chi connectivity index (χ2n) is 5.74. The minimum Gasteiger partial charge on any atom is -0.504 e. The first-order valence-electron chi connectivity index (χ1n) is 7.47. The van der Waals surface area contributed by atoms with Gasteiger partial charge in [-0.2, -0.15) is 5.10 Å². The Balaban J connectivity index is 1.61. The molecule has 2 aromatic carbocycles. The maximum Gasteiger partial charge on any atom is 0.243 e. The molecule has 1 fully saturated rings. The van der Waals surface area contributed by atoms with Crippen molar-refractivity contribution in [2.75, 3.05) is 0 Å². The van der Waals surface area contributed by atoms with Gasteiger partial charge in [-0.3, -0.25) is 4.79 Å². The summed E-state index contributed by atoms with van der Waals surface area (Å²) in [5, 5.41) is 22.9. The summed E-state index contributed by atoms with van der Waals surface area (Å²) < 4.78 is 0. The molecule has 0 radical (unpaired) electrons. The molecular weight excluding hydrogens is 292 g/mol. The fourth-order valence-corrected chi connectivity index (χ4v) is 2.59. The van der Waals surface area contributed by atoms with Crippen LogP contribution in [0.3, 0.4) is 0 Å². The minimum absolute atomic E-state index is 0.0397. The zero-order valence-electron chi connectivity index (χ0n) is 12.7.